The molecule has 4 N–H and O–H groups in total. The third kappa shape index (κ3) is 4.13. The summed E-state index contributed by atoms with van der Waals surface area (Å²) < 4.78 is 17.3. The number of benzene rings is 2. The van der Waals surface area contributed by atoms with Crippen molar-refractivity contribution < 1.29 is 49.0 Å². The molecule has 39 heavy (non-hydrogen) atoms. The Labute approximate surface area is 225 Å². The van der Waals surface area contributed by atoms with Crippen molar-refractivity contribution in [2.24, 2.45) is 5.92 Å². The Bertz CT molecular complexity index is 1370. The number of ketones is 3. The predicted molar refractivity (Wildman–Crippen MR) is 136 cm³/mol. The van der Waals surface area contributed by atoms with Crippen molar-refractivity contribution in [3.63, 3.8) is 0 Å². The predicted octanol–water partition coefficient (Wildman–Crippen LogP) is 2.73. The molecule has 0 saturated carbocycles. The zero-order valence-corrected chi connectivity index (χ0v) is 22.2. The van der Waals surface area contributed by atoms with Gasteiger partial charge in [-0.15, -0.1) is 0 Å². The van der Waals surface area contributed by atoms with Gasteiger partial charge in [-0.05, 0) is 18.9 Å². The summed E-state index contributed by atoms with van der Waals surface area (Å²) in [4.78, 5) is 40.1. The minimum absolute atomic E-state index is 0.00101. The van der Waals surface area contributed by atoms with E-state index in [1.54, 1.807) is 13.8 Å². The molecule has 1 fully saturated rings. The summed E-state index contributed by atoms with van der Waals surface area (Å²) in [7, 11) is 1.35. The van der Waals surface area contributed by atoms with Crippen LogP contribution in [-0.2, 0) is 20.7 Å². The van der Waals surface area contributed by atoms with E-state index in [0.29, 0.717) is 0 Å². The third-order valence-electron chi connectivity index (χ3n) is 8.23. The molecule has 10 nitrogen and oxygen atoms in total. The highest BCUT2D eigenvalue weighted by atomic mass is 16.7. The Morgan fingerprint density at radius 3 is 2.44 bits per heavy atom. The Morgan fingerprint density at radius 2 is 1.79 bits per heavy atom. The Morgan fingerprint density at radius 1 is 1.10 bits per heavy atom. The van der Waals surface area contributed by atoms with Gasteiger partial charge in [0, 0.05) is 42.4 Å². The molecule has 2 aromatic rings. The number of phenolic OH excluding ortho intramolecular Hbond substituents is 2. The first-order chi connectivity index (χ1) is 18.4. The van der Waals surface area contributed by atoms with E-state index < -0.39 is 70.2 Å². The van der Waals surface area contributed by atoms with Crippen LogP contribution >= 0.6 is 0 Å². The van der Waals surface area contributed by atoms with E-state index in [9.17, 15) is 34.8 Å². The summed E-state index contributed by atoms with van der Waals surface area (Å²) in [5, 5.41) is 44.7. The second-order valence-corrected chi connectivity index (χ2v) is 10.7. The van der Waals surface area contributed by atoms with Crippen LogP contribution in [0, 0.1) is 5.92 Å². The molecule has 1 saturated heterocycles. The van der Waals surface area contributed by atoms with Crippen LogP contribution in [0.2, 0.25) is 0 Å². The van der Waals surface area contributed by atoms with Crippen molar-refractivity contribution in [3.05, 3.63) is 51.6 Å². The van der Waals surface area contributed by atoms with Crippen molar-refractivity contribution in [3.8, 4) is 17.2 Å². The molecule has 1 heterocycles. The normalized spacial score (nSPS) is 29.8. The average molecular weight is 541 g/mol. The number of hydrogen-bond donors (Lipinski definition) is 4. The molecule has 6 atom stereocenters. The maximum Gasteiger partial charge on any atom is 0.202 e. The molecule has 208 valence electrons. The molecule has 2 aromatic carbocycles. The number of hydrogen-bond acceptors (Lipinski definition) is 10. The second kappa shape index (κ2) is 9.71. The first-order valence-electron chi connectivity index (χ1n) is 13.0. The van der Waals surface area contributed by atoms with Gasteiger partial charge < -0.3 is 34.6 Å². The number of phenols is 2. The SMILES string of the molecule is CCC(=O)C1(O)Cc2c(O)c3c(c(O)c2C(OC2CC(C)C(O)C(C)O2)C1)C(=O)c1c(OC)cccc1C3=O. The maximum absolute atomic E-state index is 13.7. The summed E-state index contributed by atoms with van der Waals surface area (Å²) in [6.45, 7) is 5.12. The minimum atomic E-state index is -1.96. The van der Waals surface area contributed by atoms with Gasteiger partial charge in [-0.3, -0.25) is 14.4 Å². The Kier molecular flexibility index (Phi) is 6.79. The second-order valence-electron chi connectivity index (χ2n) is 10.7. The average Bonchev–Trinajstić information content (AvgIpc) is 2.90. The quantitative estimate of drug-likeness (QED) is 0.354. The number of Topliss-reactive ketones (excluding diaryl/α,β-unsaturated/α-hetero) is 1. The lowest BCUT2D eigenvalue weighted by Crippen LogP contribution is -2.48. The molecule has 0 bridgehead atoms. The number of carbonyl (C=O) groups excluding carboxylic acids is 3. The van der Waals surface area contributed by atoms with Gasteiger partial charge in [-0.1, -0.05) is 26.0 Å². The first-order valence-corrected chi connectivity index (χ1v) is 13.0. The van der Waals surface area contributed by atoms with E-state index in [1.165, 1.54) is 25.3 Å². The van der Waals surface area contributed by atoms with Crippen LogP contribution in [-0.4, -0.2) is 69.0 Å². The van der Waals surface area contributed by atoms with E-state index in [0.717, 1.165) is 0 Å². The van der Waals surface area contributed by atoms with Gasteiger partial charge in [0.2, 0.25) is 5.78 Å². The maximum atomic E-state index is 13.7. The molecule has 0 aromatic heterocycles. The number of carbonyl (C=O) groups is 3. The van der Waals surface area contributed by atoms with Crippen LogP contribution in [0.3, 0.4) is 0 Å². The number of aliphatic hydroxyl groups excluding tert-OH is 1. The van der Waals surface area contributed by atoms with Crippen molar-refractivity contribution in [2.75, 3.05) is 7.11 Å². The molecule has 0 radical (unpaired) electrons. The number of methoxy groups -OCH3 is 1. The van der Waals surface area contributed by atoms with Gasteiger partial charge in [0.1, 0.15) is 22.8 Å². The fraction of sp³-hybridized carbons (Fsp3) is 0.483. The van der Waals surface area contributed by atoms with Crippen molar-refractivity contribution in [1.82, 2.24) is 0 Å². The van der Waals surface area contributed by atoms with Gasteiger partial charge in [0.05, 0.1) is 42.1 Å². The number of ether oxygens (including phenoxy) is 3. The van der Waals surface area contributed by atoms with Crippen LogP contribution in [0.25, 0.3) is 0 Å². The lowest BCUT2D eigenvalue weighted by Gasteiger charge is -2.42. The number of rotatable bonds is 5. The Hall–Kier alpha value is -3.31. The van der Waals surface area contributed by atoms with Gasteiger partial charge in [0.15, 0.2) is 17.9 Å². The molecule has 2 aliphatic carbocycles. The van der Waals surface area contributed by atoms with Crippen LogP contribution in [0.4, 0.5) is 0 Å². The van der Waals surface area contributed by atoms with E-state index in [2.05, 4.69) is 0 Å². The number of aliphatic hydroxyl groups is 2. The van der Waals surface area contributed by atoms with Crippen LogP contribution in [0.15, 0.2) is 18.2 Å². The molecular weight excluding hydrogens is 508 g/mol. The van der Waals surface area contributed by atoms with E-state index in [1.807, 2.05) is 6.92 Å². The lowest BCUT2D eigenvalue weighted by atomic mass is 9.71. The molecule has 0 spiro atoms. The largest absolute Gasteiger partial charge is 0.507 e. The molecule has 3 aliphatic rings. The van der Waals surface area contributed by atoms with E-state index in [4.69, 9.17) is 14.2 Å². The van der Waals surface area contributed by atoms with Crippen molar-refractivity contribution >= 4 is 17.3 Å². The monoisotopic (exact) mass is 540 g/mol. The van der Waals surface area contributed by atoms with Gasteiger partial charge in [-0.2, -0.15) is 0 Å². The Balaban J connectivity index is 1.69. The van der Waals surface area contributed by atoms with Crippen molar-refractivity contribution in [2.45, 2.75) is 76.7 Å². The zero-order chi connectivity index (χ0) is 28.4. The van der Waals surface area contributed by atoms with Gasteiger partial charge >= 0.3 is 0 Å². The van der Waals surface area contributed by atoms with Crippen molar-refractivity contribution in [1.29, 1.82) is 0 Å². The van der Waals surface area contributed by atoms with E-state index >= 15 is 0 Å². The topological polar surface area (TPSA) is 160 Å². The fourth-order valence-electron chi connectivity index (χ4n) is 6.13. The number of aromatic hydroxyl groups is 2. The molecule has 6 unspecified atom stereocenters. The standard InChI is InChI=1S/C29H32O10/c1-5-18(30)29(36)10-15-21(17(11-29)39-19-9-12(2)24(31)13(3)38-19)28(35)23-22(26(15)33)25(32)14-7-6-8-16(37-4)20(14)27(23)34/h6-8,12-13,17,19,24,31,33,35-36H,5,9-11H2,1-4H3. The fourth-order valence-corrected chi connectivity index (χ4v) is 6.13. The highest BCUT2D eigenvalue weighted by Gasteiger charge is 2.49. The number of fused-ring (bicyclic) bond motifs is 3. The summed E-state index contributed by atoms with van der Waals surface area (Å²) in [5.74, 6) is -3.13. The minimum Gasteiger partial charge on any atom is -0.507 e. The first kappa shape index (κ1) is 27.3. The van der Waals surface area contributed by atoms with Gasteiger partial charge in [-0.25, -0.2) is 0 Å². The smallest absolute Gasteiger partial charge is 0.202 e. The molecule has 1 aliphatic heterocycles. The van der Waals surface area contributed by atoms with Crippen LogP contribution in [0.1, 0.15) is 89.1 Å². The summed E-state index contributed by atoms with van der Waals surface area (Å²) in [5.41, 5.74) is -2.82. The molecule has 10 heteroatoms. The highest BCUT2D eigenvalue weighted by molar-refractivity contribution is 6.31. The van der Waals surface area contributed by atoms with Crippen LogP contribution < -0.4 is 4.74 Å². The zero-order valence-electron chi connectivity index (χ0n) is 22.2. The molecular formula is C29H32O10. The summed E-state index contributed by atoms with van der Waals surface area (Å²) in [6, 6.07) is 4.48. The highest BCUT2D eigenvalue weighted by Crippen LogP contribution is 2.52. The third-order valence-corrected chi connectivity index (χ3v) is 8.23. The van der Waals surface area contributed by atoms with Gasteiger partial charge in [0.25, 0.3) is 0 Å². The molecule has 5 rings (SSSR count). The summed E-state index contributed by atoms with van der Waals surface area (Å²) >= 11 is 0. The lowest BCUT2D eigenvalue weighted by molar-refractivity contribution is -0.255. The van der Waals surface area contributed by atoms with Crippen LogP contribution in [0.5, 0.6) is 17.2 Å². The summed E-state index contributed by atoms with van der Waals surface area (Å²) in [6.07, 6.45) is -3.69. The molecule has 0 amide bonds. The van der Waals surface area contributed by atoms with E-state index in [-0.39, 0.29) is 59.6 Å².